The molecule has 0 aliphatic carbocycles. The molecule has 2 rings (SSSR count). The number of quaternary nitrogens is 1. The van der Waals surface area contributed by atoms with Crippen molar-refractivity contribution in [2.24, 2.45) is 5.92 Å². The average Bonchev–Trinajstić information content (AvgIpc) is 2.55. The molecule has 0 unspecified atom stereocenters. The highest BCUT2D eigenvalue weighted by molar-refractivity contribution is 5.73. The average molecular weight is 327 g/mol. The summed E-state index contributed by atoms with van der Waals surface area (Å²) in [5.41, 5.74) is 7.27. The van der Waals surface area contributed by atoms with Crippen LogP contribution < -0.4 is 10.8 Å². The van der Waals surface area contributed by atoms with Crippen LogP contribution in [0.4, 0.5) is 0 Å². The third-order valence-corrected chi connectivity index (χ3v) is 3.85. The second kappa shape index (κ2) is 9.89. The Morgan fingerprint density at radius 3 is 1.83 bits per heavy atom. The van der Waals surface area contributed by atoms with Crippen LogP contribution in [0.5, 0.6) is 0 Å². The lowest BCUT2D eigenvalue weighted by Crippen LogP contribution is -2.51. The van der Waals surface area contributed by atoms with Crippen LogP contribution in [0.15, 0.2) is 54.6 Å². The Labute approximate surface area is 145 Å². The van der Waals surface area contributed by atoms with Crippen LogP contribution in [0.2, 0.25) is 0 Å². The van der Waals surface area contributed by atoms with Crippen molar-refractivity contribution in [2.75, 3.05) is 0 Å². The first-order valence-electron chi connectivity index (χ1n) is 8.49. The maximum atomic E-state index is 10.7. The fraction of sp³-hybridized carbons (Fsp3) is 0.381. The number of carboxylic acid groups (broad SMARTS) is 1. The molecule has 2 aromatic rings. The van der Waals surface area contributed by atoms with Gasteiger partial charge >= 0.3 is 0 Å². The molecule has 3 nitrogen and oxygen atoms in total. The normalized spacial score (nSPS) is 12.9. The highest BCUT2D eigenvalue weighted by atomic mass is 16.4. The van der Waals surface area contributed by atoms with E-state index in [1.54, 1.807) is 6.92 Å². The minimum Gasteiger partial charge on any atom is -0.550 e. The molecule has 0 saturated heterocycles. The van der Waals surface area contributed by atoms with E-state index in [1.165, 1.54) is 11.1 Å². The van der Waals surface area contributed by atoms with Gasteiger partial charge in [-0.15, -0.1) is 0 Å². The molecule has 0 radical (unpaired) electrons. The molecule has 0 aliphatic heterocycles. The summed E-state index contributed by atoms with van der Waals surface area (Å²) in [6.45, 7) is 8.07. The maximum Gasteiger partial charge on any atom is 0.107 e. The lowest BCUT2D eigenvalue weighted by Gasteiger charge is -2.13. The summed E-state index contributed by atoms with van der Waals surface area (Å²) in [4.78, 5) is 10.7. The molecule has 130 valence electrons. The number of carbonyl (C=O) groups is 1. The van der Waals surface area contributed by atoms with Gasteiger partial charge in [0.15, 0.2) is 0 Å². The van der Waals surface area contributed by atoms with Crippen LogP contribution in [-0.2, 0) is 11.2 Å². The van der Waals surface area contributed by atoms with E-state index in [0.717, 1.165) is 12.0 Å². The van der Waals surface area contributed by atoms with Crippen molar-refractivity contribution in [3.8, 4) is 0 Å². The van der Waals surface area contributed by atoms with Gasteiger partial charge in [-0.25, -0.2) is 0 Å². The lowest BCUT2D eigenvalue weighted by molar-refractivity contribution is -0.420. The van der Waals surface area contributed by atoms with Gasteiger partial charge in [0, 0.05) is 17.5 Å². The first-order chi connectivity index (χ1) is 11.3. The van der Waals surface area contributed by atoms with Crippen molar-refractivity contribution in [3.63, 3.8) is 0 Å². The first kappa shape index (κ1) is 19.9. The third-order valence-electron chi connectivity index (χ3n) is 3.85. The Balaban J connectivity index is 0.000000272. The van der Waals surface area contributed by atoms with E-state index in [1.807, 2.05) is 42.5 Å². The number of rotatable bonds is 5. The number of benzene rings is 2. The molecule has 0 saturated carbocycles. The molecule has 2 atom stereocenters. The molecular formula is C21H29NO2. The Bertz CT molecular complexity index is 603. The van der Waals surface area contributed by atoms with Crippen LogP contribution in [-0.4, -0.2) is 5.97 Å². The molecule has 2 aromatic carbocycles. The molecule has 0 bridgehead atoms. The zero-order chi connectivity index (χ0) is 18.1. The summed E-state index contributed by atoms with van der Waals surface area (Å²) in [5, 5.41) is 10.7. The smallest absolute Gasteiger partial charge is 0.107 e. The summed E-state index contributed by atoms with van der Waals surface area (Å²) in [6.07, 6.45) is 1.03. The Morgan fingerprint density at radius 1 is 0.917 bits per heavy atom. The lowest BCUT2D eigenvalue weighted by atomic mass is 9.97. The Kier molecular flexibility index (Phi) is 8.20. The van der Waals surface area contributed by atoms with Gasteiger partial charge in [0.25, 0.3) is 0 Å². The van der Waals surface area contributed by atoms with Crippen molar-refractivity contribution in [1.29, 1.82) is 0 Å². The fourth-order valence-corrected chi connectivity index (χ4v) is 2.33. The van der Waals surface area contributed by atoms with Crippen LogP contribution in [0.25, 0.3) is 0 Å². The van der Waals surface area contributed by atoms with Crippen molar-refractivity contribution in [2.45, 2.75) is 46.1 Å². The number of carbonyl (C=O) groups excluding carboxylic acids is 1. The third kappa shape index (κ3) is 6.97. The topological polar surface area (TPSA) is 67.8 Å². The predicted molar refractivity (Wildman–Crippen MR) is 96.2 cm³/mol. The van der Waals surface area contributed by atoms with E-state index >= 15 is 0 Å². The van der Waals surface area contributed by atoms with Gasteiger partial charge in [0.2, 0.25) is 0 Å². The van der Waals surface area contributed by atoms with Crippen molar-refractivity contribution in [1.82, 2.24) is 0 Å². The van der Waals surface area contributed by atoms with Crippen molar-refractivity contribution < 1.29 is 15.6 Å². The SMILES string of the molecule is CC(C)Cc1ccc([C@H](C)C(=O)[O-])cc1.C[C@@H]([NH3+])c1ccccc1. The minimum atomic E-state index is -1.02. The highest BCUT2D eigenvalue weighted by Crippen LogP contribution is 2.16. The molecule has 0 fully saturated rings. The second-order valence-electron chi connectivity index (χ2n) is 6.69. The molecule has 3 heteroatoms. The summed E-state index contributed by atoms with van der Waals surface area (Å²) in [5.74, 6) is -0.931. The number of carboxylic acids is 1. The van der Waals surface area contributed by atoms with E-state index in [9.17, 15) is 9.90 Å². The van der Waals surface area contributed by atoms with Gasteiger partial charge < -0.3 is 15.6 Å². The largest absolute Gasteiger partial charge is 0.550 e. The number of aliphatic carboxylic acids is 1. The van der Waals surface area contributed by atoms with Gasteiger partial charge in [-0.3, -0.25) is 0 Å². The summed E-state index contributed by atoms with van der Waals surface area (Å²) in [6, 6.07) is 18.4. The van der Waals surface area contributed by atoms with E-state index in [0.29, 0.717) is 12.0 Å². The molecule has 0 aliphatic rings. The van der Waals surface area contributed by atoms with Gasteiger partial charge in [-0.05, 0) is 30.4 Å². The molecule has 3 N–H and O–H groups in total. The second-order valence-corrected chi connectivity index (χ2v) is 6.69. The van der Waals surface area contributed by atoms with E-state index in [-0.39, 0.29) is 0 Å². The monoisotopic (exact) mass is 327 g/mol. The van der Waals surface area contributed by atoms with Crippen LogP contribution in [0.3, 0.4) is 0 Å². The fourth-order valence-electron chi connectivity index (χ4n) is 2.33. The van der Waals surface area contributed by atoms with Gasteiger partial charge in [-0.1, -0.05) is 75.4 Å². The van der Waals surface area contributed by atoms with E-state index in [2.05, 4.69) is 38.6 Å². The van der Waals surface area contributed by atoms with Crippen molar-refractivity contribution in [3.05, 3.63) is 71.3 Å². The van der Waals surface area contributed by atoms with Gasteiger partial charge in [-0.2, -0.15) is 0 Å². The number of hydrogen-bond donors (Lipinski definition) is 1. The van der Waals surface area contributed by atoms with Crippen LogP contribution in [0.1, 0.15) is 56.3 Å². The molecule has 0 aromatic heterocycles. The summed E-state index contributed by atoms with van der Waals surface area (Å²) in [7, 11) is 0. The molecule has 0 amide bonds. The van der Waals surface area contributed by atoms with Gasteiger partial charge in [0.1, 0.15) is 6.04 Å². The highest BCUT2D eigenvalue weighted by Gasteiger charge is 2.06. The zero-order valence-corrected chi connectivity index (χ0v) is 15.2. The summed E-state index contributed by atoms with van der Waals surface area (Å²) >= 11 is 0. The van der Waals surface area contributed by atoms with E-state index < -0.39 is 11.9 Å². The Hall–Kier alpha value is -2.13. The molecule has 24 heavy (non-hydrogen) atoms. The van der Waals surface area contributed by atoms with E-state index in [4.69, 9.17) is 0 Å². The van der Waals surface area contributed by atoms with Gasteiger partial charge in [0.05, 0.1) is 0 Å². The quantitative estimate of drug-likeness (QED) is 0.917. The zero-order valence-electron chi connectivity index (χ0n) is 15.2. The molecule has 0 heterocycles. The Morgan fingerprint density at radius 2 is 1.46 bits per heavy atom. The van der Waals surface area contributed by atoms with Crippen molar-refractivity contribution >= 4 is 5.97 Å². The minimum absolute atomic E-state index is 0.409. The summed E-state index contributed by atoms with van der Waals surface area (Å²) < 4.78 is 0. The number of hydrogen-bond acceptors (Lipinski definition) is 2. The first-order valence-corrected chi connectivity index (χ1v) is 8.49. The van der Waals surface area contributed by atoms with Crippen LogP contribution >= 0.6 is 0 Å². The maximum absolute atomic E-state index is 10.7. The predicted octanol–water partition coefficient (Wildman–Crippen LogP) is 2.73. The van der Waals surface area contributed by atoms with Crippen LogP contribution in [0, 0.1) is 5.92 Å². The standard InChI is InChI=1S/C13H18O2.C8H11N/c1-9(2)8-11-4-6-12(7-5-11)10(3)13(14)15;1-7(9)8-5-3-2-4-6-8/h4-7,9-10H,8H2,1-3H3,(H,14,15);2-7H,9H2,1H3/t10-;7-/m01/s1. The molecular weight excluding hydrogens is 298 g/mol. The molecule has 0 spiro atoms.